The lowest BCUT2D eigenvalue weighted by Gasteiger charge is -2.42. The molecule has 3 amide bonds. The van der Waals surface area contributed by atoms with Gasteiger partial charge in [-0.2, -0.15) is 0 Å². The maximum absolute atomic E-state index is 14.7. The van der Waals surface area contributed by atoms with Crippen LogP contribution in [0.15, 0.2) is 59.8 Å². The summed E-state index contributed by atoms with van der Waals surface area (Å²) in [5, 5.41) is 34.0. The van der Waals surface area contributed by atoms with Gasteiger partial charge in [0.2, 0.25) is 5.79 Å². The minimum Gasteiger partial charge on any atom is -0.464 e. The summed E-state index contributed by atoms with van der Waals surface area (Å²) in [4.78, 5) is 124. The molecule has 0 aromatic heterocycles. The first-order chi connectivity index (χ1) is 39.7. The van der Waals surface area contributed by atoms with Crippen LogP contribution in [0.2, 0.25) is 0 Å². The van der Waals surface area contributed by atoms with Gasteiger partial charge in [-0.1, -0.05) is 71.1 Å². The highest BCUT2D eigenvalue weighted by molar-refractivity contribution is 6.39. The van der Waals surface area contributed by atoms with Gasteiger partial charge in [0, 0.05) is 77.2 Å². The number of methoxy groups -OCH3 is 3. The van der Waals surface area contributed by atoms with Crippen LogP contribution < -0.4 is 0 Å². The Hall–Kier alpha value is -5.55. The lowest BCUT2D eigenvalue weighted by atomic mass is 9.78. The number of allylic oxidation sites excluding steroid dienone is 6. The third-order valence-corrected chi connectivity index (χ3v) is 17.5. The summed E-state index contributed by atoms with van der Waals surface area (Å²) < 4.78 is 41.1. The lowest BCUT2D eigenvalue weighted by Crippen LogP contribution is -2.61. The Bertz CT molecular complexity index is 2500. The van der Waals surface area contributed by atoms with Crippen molar-refractivity contribution in [2.75, 3.05) is 47.6 Å². The maximum atomic E-state index is 14.7. The van der Waals surface area contributed by atoms with Gasteiger partial charge in [-0.3, -0.25) is 43.3 Å². The highest BCUT2D eigenvalue weighted by Gasteiger charge is 2.53. The van der Waals surface area contributed by atoms with E-state index in [1.54, 1.807) is 40.9 Å². The van der Waals surface area contributed by atoms with Crippen LogP contribution in [-0.4, -0.2) is 180 Å². The van der Waals surface area contributed by atoms with Gasteiger partial charge in [-0.25, -0.2) is 4.79 Å². The van der Waals surface area contributed by atoms with Crippen LogP contribution in [0, 0.1) is 40.9 Å². The van der Waals surface area contributed by atoms with Crippen molar-refractivity contribution < 1.29 is 91.6 Å². The molecule has 1 aliphatic carbocycles. The van der Waals surface area contributed by atoms with Gasteiger partial charge in [0.1, 0.15) is 48.3 Å². The summed E-state index contributed by atoms with van der Waals surface area (Å²) in [6.07, 6.45) is 10.6. The van der Waals surface area contributed by atoms with E-state index >= 15 is 0 Å². The Morgan fingerprint density at radius 2 is 1.55 bits per heavy atom. The fourth-order valence-corrected chi connectivity index (χ4v) is 11.8. The lowest BCUT2D eigenvalue weighted by molar-refractivity contribution is -0.265. The van der Waals surface area contributed by atoms with E-state index in [1.807, 2.05) is 51.2 Å². The molecule has 21 heteroatoms. The van der Waals surface area contributed by atoms with Crippen molar-refractivity contribution in [1.82, 2.24) is 9.80 Å². The van der Waals surface area contributed by atoms with Crippen LogP contribution >= 0.6 is 0 Å². The van der Waals surface area contributed by atoms with Gasteiger partial charge >= 0.3 is 17.9 Å². The predicted octanol–water partition coefficient (Wildman–Crippen LogP) is 5.59. The van der Waals surface area contributed by atoms with E-state index in [9.17, 15) is 58.5 Å². The molecule has 3 fully saturated rings. The van der Waals surface area contributed by atoms with Crippen LogP contribution in [0.25, 0.3) is 0 Å². The summed E-state index contributed by atoms with van der Waals surface area (Å²) >= 11 is 0. The largest absolute Gasteiger partial charge is 0.464 e. The normalized spacial score (nSPS) is 35.4. The number of aliphatic hydroxyl groups is 3. The number of rotatable bonds is 14. The molecule has 2 bridgehead atoms. The summed E-state index contributed by atoms with van der Waals surface area (Å²) in [6, 6.07) is -1.24. The van der Waals surface area contributed by atoms with E-state index in [2.05, 4.69) is 0 Å². The number of nitrogens with zero attached hydrogens (tertiary/aromatic N) is 2. The number of esters is 3. The number of ether oxygens (including phenoxy) is 7. The molecule has 0 aromatic carbocycles. The van der Waals surface area contributed by atoms with E-state index in [-0.39, 0.29) is 62.2 Å². The van der Waals surface area contributed by atoms with Crippen molar-refractivity contribution in [3.8, 4) is 0 Å². The van der Waals surface area contributed by atoms with Crippen molar-refractivity contribution in [3.05, 3.63) is 59.8 Å². The van der Waals surface area contributed by atoms with E-state index in [0.717, 1.165) is 27.5 Å². The molecule has 468 valence electrons. The summed E-state index contributed by atoms with van der Waals surface area (Å²) in [5.41, 5.74) is -0.505. The zero-order valence-electron chi connectivity index (χ0n) is 51.0. The highest BCUT2D eigenvalue weighted by Crippen LogP contribution is 2.39. The van der Waals surface area contributed by atoms with Crippen LogP contribution in [0.4, 0.5) is 0 Å². The maximum Gasteiger partial charge on any atom is 0.329 e. The zero-order chi connectivity index (χ0) is 62.2. The van der Waals surface area contributed by atoms with Crippen molar-refractivity contribution in [3.63, 3.8) is 0 Å². The Balaban J connectivity index is 1.38. The molecule has 21 nitrogen and oxygen atoms in total. The number of carbonyl (C=O) groups is 9. The number of imide groups is 1. The number of cyclic esters (lactones) is 1. The molecule has 0 aromatic rings. The average Bonchev–Trinajstić information content (AvgIpc) is 3.55. The van der Waals surface area contributed by atoms with Crippen molar-refractivity contribution in [2.45, 2.75) is 193 Å². The van der Waals surface area contributed by atoms with Crippen molar-refractivity contribution in [1.29, 1.82) is 0 Å². The van der Waals surface area contributed by atoms with Crippen LogP contribution in [0.5, 0.6) is 0 Å². The SMILES string of the molecule is COC1C(=O)[C@H](C)CC(C)/C=C/C=C/C=C(\C)[C@@H](OC)C[C@@H]2CC[C@@H](C)[C@@](O)(O2)C(=O)C(=O)N2CCCCC2C(=O)O[C@H]([C@@H](C)C[C@@H]2CC[C@@H](OC(=O)C(C)(CO)COC(=O)CCN3C(=O)C=CC3=O)[C@H](OC)C2)CC(=O)C(C)/C=C(\C)[C@H]1O. The number of ketones is 3. The molecule has 3 N–H and O–H groups in total. The standard InChI is InChI=1S/C63H92N2O19/c1-37-17-13-12-14-18-38(2)49(78-9)33-45-22-20-43(7)63(77,84-45)58(73)59(74)64-27-16-15-19-46(64)60(75)82-50(34-47(67)39(3)30-42(6)56(72)57(80-11)55(71)41(5)29-37)40(4)31-44-21-23-48(51(32-44)79-10)83-61(76)62(8,35-66)36-81-54(70)26-28-65-52(68)24-25-53(65)69/h12-14,17-18,24-25,30,37,39-41,43-46,48-51,56-57,66,72,77H,15-16,19-23,26-29,31-36H2,1-11H3/b14-12+,17-13+,38-18+,42-30+/t37?,39?,40-,41+,43+,44-,45-,46?,48+,49-,50-,51+,56+,57?,62?,63+/m0/s1. The second-order valence-corrected chi connectivity index (χ2v) is 24.3. The first-order valence-corrected chi connectivity index (χ1v) is 29.7. The molecule has 2 saturated heterocycles. The number of fused-ring (bicyclic) bond motifs is 3. The molecule has 5 aliphatic rings. The first kappa shape index (κ1) is 69.2. The third kappa shape index (κ3) is 18.0. The van der Waals surface area contributed by atoms with Crippen LogP contribution in [0.1, 0.15) is 139 Å². The second kappa shape index (κ2) is 31.7. The summed E-state index contributed by atoms with van der Waals surface area (Å²) in [7, 11) is 4.36. The highest BCUT2D eigenvalue weighted by atomic mass is 16.6. The molecular formula is C63H92N2O19. The molecule has 5 unspecified atom stereocenters. The van der Waals surface area contributed by atoms with Crippen LogP contribution in [-0.2, 0) is 76.3 Å². The van der Waals surface area contributed by atoms with Gasteiger partial charge in [-0.05, 0) is 114 Å². The predicted molar refractivity (Wildman–Crippen MR) is 306 cm³/mol. The minimum atomic E-state index is -2.50. The first-order valence-electron chi connectivity index (χ1n) is 29.7. The number of aliphatic hydroxyl groups excluding tert-OH is 2. The number of hydrogen-bond acceptors (Lipinski definition) is 19. The molecule has 84 heavy (non-hydrogen) atoms. The van der Waals surface area contributed by atoms with E-state index in [4.69, 9.17) is 33.2 Å². The van der Waals surface area contributed by atoms with Gasteiger partial charge in [-0.15, -0.1) is 0 Å². The van der Waals surface area contributed by atoms with Crippen molar-refractivity contribution >= 4 is 53.0 Å². The number of carbonyl (C=O) groups excluding carboxylic acids is 9. The summed E-state index contributed by atoms with van der Waals surface area (Å²) in [5.74, 6) is -11.8. The molecule has 5 rings (SSSR count). The number of hydrogen-bond donors (Lipinski definition) is 3. The molecular weight excluding hydrogens is 1090 g/mol. The fraction of sp³-hybridized carbons (Fsp3) is 0.698. The average molecular weight is 1180 g/mol. The molecule has 4 aliphatic heterocycles. The van der Waals surface area contributed by atoms with Gasteiger partial charge in [0.05, 0.1) is 31.3 Å². The smallest absolute Gasteiger partial charge is 0.329 e. The van der Waals surface area contributed by atoms with E-state index in [1.165, 1.54) is 21.1 Å². The minimum absolute atomic E-state index is 0.0139. The Morgan fingerprint density at radius 1 is 0.845 bits per heavy atom. The molecule has 16 atom stereocenters. The number of Topliss-reactive ketones (excluding diaryl/α,β-unsaturated/α-hetero) is 3. The monoisotopic (exact) mass is 1180 g/mol. The molecule has 0 spiro atoms. The summed E-state index contributed by atoms with van der Waals surface area (Å²) in [6.45, 7) is 12.3. The Morgan fingerprint density at radius 3 is 2.20 bits per heavy atom. The fourth-order valence-electron chi connectivity index (χ4n) is 11.8. The third-order valence-electron chi connectivity index (χ3n) is 17.5. The Kier molecular flexibility index (Phi) is 26.1. The van der Waals surface area contributed by atoms with E-state index < -0.39 is 138 Å². The molecule has 1 saturated carbocycles. The Labute approximate surface area is 494 Å². The van der Waals surface area contributed by atoms with Gasteiger partial charge < -0.3 is 53.4 Å². The van der Waals surface area contributed by atoms with Gasteiger partial charge in [0.25, 0.3) is 23.5 Å². The second-order valence-electron chi connectivity index (χ2n) is 24.3. The zero-order valence-corrected chi connectivity index (χ0v) is 51.0. The molecule has 0 radical (unpaired) electrons. The van der Waals surface area contributed by atoms with Gasteiger partial charge in [0.15, 0.2) is 5.78 Å². The molecule has 4 heterocycles. The van der Waals surface area contributed by atoms with Crippen molar-refractivity contribution in [2.24, 2.45) is 40.9 Å². The topological polar surface area (TPSA) is 285 Å². The van der Waals surface area contributed by atoms with E-state index in [0.29, 0.717) is 63.4 Å². The van der Waals surface area contributed by atoms with Crippen LogP contribution in [0.3, 0.4) is 0 Å². The number of amides is 3. The number of piperidine rings is 1. The quantitative estimate of drug-likeness (QED) is 0.0628.